The molecule has 26 heavy (non-hydrogen) atoms. The third-order valence-corrected chi connectivity index (χ3v) is 5.06. The summed E-state index contributed by atoms with van der Waals surface area (Å²) in [5.74, 6) is -0.825. The Kier molecular flexibility index (Phi) is 5.84. The van der Waals surface area contributed by atoms with Crippen LogP contribution >= 0.6 is 11.6 Å². The van der Waals surface area contributed by atoms with E-state index in [0.717, 1.165) is 6.07 Å². The van der Waals surface area contributed by atoms with E-state index in [4.69, 9.17) is 11.6 Å². The van der Waals surface area contributed by atoms with Gasteiger partial charge in [0.05, 0.1) is 5.02 Å². The fraction of sp³-hybridized carbons (Fsp3) is 0.368. The van der Waals surface area contributed by atoms with Crippen molar-refractivity contribution in [2.24, 2.45) is 5.92 Å². The average Bonchev–Trinajstić information content (AvgIpc) is 2.63. The quantitative estimate of drug-likeness (QED) is 0.855. The summed E-state index contributed by atoms with van der Waals surface area (Å²) in [6.07, 6.45) is 2.83. The molecular weight excluding hydrogens is 360 g/mol. The van der Waals surface area contributed by atoms with Crippen molar-refractivity contribution in [1.29, 1.82) is 0 Å². The van der Waals surface area contributed by atoms with E-state index in [-0.39, 0.29) is 17.9 Å². The molecule has 1 aliphatic heterocycles. The topological polar surface area (TPSA) is 45.2 Å². The zero-order valence-electron chi connectivity index (χ0n) is 14.4. The Morgan fingerprint density at radius 3 is 2.62 bits per heavy atom. The number of rotatable bonds is 4. The minimum Gasteiger partial charge on any atom is -0.310 e. The third-order valence-electron chi connectivity index (χ3n) is 4.84. The van der Waals surface area contributed by atoms with E-state index in [0.29, 0.717) is 42.3 Å². The van der Waals surface area contributed by atoms with Crippen LogP contribution in [0.15, 0.2) is 36.5 Å². The van der Waals surface area contributed by atoms with Gasteiger partial charge in [-0.05, 0) is 51.1 Å². The van der Waals surface area contributed by atoms with Gasteiger partial charge in [-0.3, -0.25) is 9.69 Å². The zero-order valence-corrected chi connectivity index (χ0v) is 15.1. The molecule has 4 nitrogen and oxygen atoms in total. The number of pyridine rings is 1. The molecule has 1 aromatic carbocycles. The van der Waals surface area contributed by atoms with Crippen LogP contribution < -0.4 is 5.32 Å². The van der Waals surface area contributed by atoms with Gasteiger partial charge in [0.15, 0.2) is 0 Å². The highest BCUT2D eigenvalue weighted by Gasteiger charge is 2.28. The van der Waals surface area contributed by atoms with E-state index in [1.165, 1.54) is 18.3 Å². The number of nitrogens with zero attached hydrogens (tertiary/aromatic N) is 2. The summed E-state index contributed by atoms with van der Waals surface area (Å²) in [6, 6.07) is 6.83. The van der Waals surface area contributed by atoms with Crippen LogP contribution in [-0.2, 0) is 4.79 Å². The lowest BCUT2D eigenvalue weighted by Gasteiger charge is -2.35. The highest BCUT2D eigenvalue weighted by molar-refractivity contribution is 6.30. The van der Waals surface area contributed by atoms with Gasteiger partial charge in [0.2, 0.25) is 5.91 Å². The predicted molar refractivity (Wildman–Crippen MR) is 96.9 cm³/mol. The molecular formula is C19H20ClF2N3O. The average molecular weight is 380 g/mol. The minimum absolute atomic E-state index is 0.0694. The van der Waals surface area contributed by atoms with Gasteiger partial charge in [0, 0.05) is 29.8 Å². The first-order valence-electron chi connectivity index (χ1n) is 8.55. The van der Waals surface area contributed by atoms with E-state index >= 15 is 0 Å². The summed E-state index contributed by atoms with van der Waals surface area (Å²) in [6.45, 7) is 3.24. The van der Waals surface area contributed by atoms with Crippen molar-refractivity contribution >= 4 is 23.3 Å². The lowest BCUT2D eigenvalue weighted by atomic mass is 9.93. The fourth-order valence-corrected chi connectivity index (χ4v) is 3.38. The molecule has 0 aliphatic carbocycles. The van der Waals surface area contributed by atoms with Gasteiger partial charge in [0.1, 0.15) is 17.5 Å². The van der Waals surface area contributed by atoms with Crippen molar-refractivity contribution in [3.8, 4) is 0 Å². The van der Waals surface area contributed by atoms with Gasteiger partial charge < -0.3 is 5.32 Å². The van der Waals surface area contributed by atoms with E-state index < -0.39 is 11.6 Å². The van der Waals surface area contributed by atoms with Gasteiger partial charge in [0.25, 0.3) is 0 Å². The highest BCUT2D eigenvalue weighted by atomic mass is 35.5. The van der Waals surface area contributed by atoms with Crippen LogP contribution in [0, 0.1) is 17.6 Å². The zero-order chi connectivity index (χ0) is 18.7. The number of amides is 1. The summed E-state index contributed by atoms with van der Waals surface area (Å²) in [5.41, 5.74) is 0.472. The molecule has 1 amide bonds. The number of hydrogen-bond donors (Lipinski definition) is 1. The Morgan fingerprint density at radius 1 is 1.27 bits per heavy atom. The first-order valence-corrected chi connectivity index (χ1v) is 8.93. The minimum atomic E-state index is -0.579. The molecule has 2 heterocycles. The van der Waals surface area contributed by atoms with Crippen LogP contribution in [0.3, 0.4) is 0 Å². The molecule has 0 saturated carbocycles. The number of aromatic nitrogens is 1. The number of benzene rings is 1. The molecule has 1 aromatic heterocycles. The molecule has 0 bridgehead atoms. The smallest absolute Gasteiger partial charge is 0.228 e. The third kappa shape index (κ3) is 4.37. The first-order chi connectivity index (χ1) is 12.4. The number of anilines is 1. The summed E-state index contributed by atoms with van der Waals surface area (Å²) < 4.78 is 27.1. The monoisotopic (exact) mass is 379 g/mol. The summed E-state index contributed by atoms with van der Waals surface area (Å²) >= 11 is 5.78. The van der Waals surface area contributed by atoms with Crippen LogP contribution in [0.1, 0.15) is 31.4 Å². The van der Waals surface area contributed by atoms with Crippen molar-refractivity contribution in [2.45, 2.75) is 25.8 Å². The van der Waals surface area contributed by atoms with Crippen LogP contribution in [0.5, 0.6) is 0 Å². The Balaban J connectivity index is 1.56. The van der Waals surface area contributed by atoms with Gasteiger partial charge in [-0.2, -0.15) is 0 Å². The van der Waals surface area contributed by atoms with Crippen LogP contribution in [0.4, 0.5) is 14.6 Å². The number of nitrogens with one attached hydrogen (secondary N) is 1. The van der Waals surface area contributed by atoms with Crippen LogP contribution in [0.2, 0.25) is 5.02 Å². The van der Waals surface area contributed by atoms with E-state index in [9.17, 15) is 13.6 Å². The molecule has 0 radical (unpaired) electrons. The van der Waals surface area contributed by atoms with Crippen LogP contribution in [0.25, 0.3) is 0 Å². The molecule has 1 N–H and O–H groups in total. The lowest BCUT2D eigenvalue weighted by molar-refractivity contribution is -0.121. The maximum atomic E-state index is 14.0. The second kappa shape index (κ2) is 8.10. The number of halogens is 3. The molecule has 138 valence electrons. The fourth-order valence-electron chi connectivity index (χ4n) is 3.26. The van der Waals surface area contributed by atoms with Crippen molar-refractivity contribution in [3.63, 3.8) is 0 Å². The molecule has 7 heteroatoms. The summed E-state index contributed by atoms with van der Waals surface area (Å²) in [7, 11) is 0. The van der Waals surface area contributed by atoms with Crippen molar-refractivity contribution in [3.05, 3.63) is 58.7 Å². The number of hydrogen-bond acceptors (Lipinski definition) is 3. The molecule has 2 aromatic rings. The lowest BCUT2D eigenvalue weighted by Crippen LogP contribution is -2.39. The maximum Gasteiger partial charge on any atom is 0.228 e. The van der Waals surface area contributed by atoms with Gasteiger partial charge in [-0.25, -0.2) is 13.8 Å². The second-order valence-corrected chi connectivity index (χ2v) is 6.94. The molecule has 1 fully saturated rings. The Morgan fingerprint density at radius 2 is 2.00 bits per heavy atom. The molecule has 1 saturated heterocycles. The van der Waals surface area contributed by atoms with E-state index in [1.807, 2.05) is 6.92 Å². The van der Waals surface area contributed by atoms with Crippen LogP contribution in [-0.4, -0.2) is 28.9 Å². The predicted octanol–water partition coefficient (Wildman–Crippen LogP) is 4.42. The van der Waals surface area contributed by atoms with Gasteiger partial charge >= 0.3 is 0 Å². The molecule has 1 unspecified atom stereocenters. The number of piperidine rings is 1. The summed E-state index contributed by atoms with van der Waals surface area (Å²) in [4.78, 5) is 18.6. The van der Waals surface area contributed by atoms with Gasteiger partial charge in [-0.1, -0.05) is 17.7 Å². The highest BCUT2D eigenvalue weighted by Crippen LogP contribution is 2.29. The Labute approximate surface area is 156 Å². The molecule has 0 spiro atoms. The van der Waals surface area contributed by atoms with Crippen molar-refractivity contribution in [2.75, 3.05) is 18.4 Å². The number of likely N-dealkylation sites (tertiary alicyclic amines) is 1. The van der Waals surface area contributed by atoms with E-state index in [1.54, 1.807) is 12.1 Å². The standard InChI is InChI=1S/C19H20ClF2N3O/c1-12(16-4-3-15(21)10-17(16)22)25-8-6-13(7-9-25)19(26)24-18-5-2-14(20)11-23-18/h2-5,10-13H,6-9H2,1H3,(H,23,24,26). The number of carbonyl (C=O) groups excluding carboxylic acids is 1. The van der Waals surface area contributed by atoms with Crippen molar-refractivity contribution in [1.82, 2.24) is 9.88 Å². The molecule has 3 rings (SSSR count). The Bertz CT molecular complexity index is 777. The van der Waals surface area contributed by atoms with Gasteiger partial charge in [-0.15, -0.1) is 0 Å². The molecule has 1 atom stereocenters. The normalized spacial score (nSPS) is 17.1. The number of carbonyl (C=O) groups is 1. The SMILES string of the molecule is CC(c1ccc(F)cc1F)N1CCC(C(=O)Nc2ccc(Cl)cn2)CC1. The first kappa shape index (κ1) is 18.7. The van der Waals surface area contributed by atoms with Crippen molar-refractivity contribution < 1.29 is 13.6 Å². The largest absolute Gasteiger partial charge is 0.310 e. The van der Waals surface area contributed by atoms with E-state index in [2.05, 4.69) is 15.2 Å². The second-order valence-electron chi connectivity index (χ2n) is 6.50. The summed E-state index contributed by atoms with van der Waals surface area (Å²) in [5, 5.41) is 3.31. The Hall–Kier alpha value is -2.05. The molecule has 1 aliphatic rings. The maximum absolute atomic E-state index is 14.0.